The molecule has 0 aliphatic rings. The number of nitrogens with zero attached hydrogens (tertiary/aromatic N) is 2. The normalized spacial score (nSPS) is 11.0. The number of esters is 1. The Morgan fingerprint density at radius 1 is 1.03 bits per heavy atom. The Labute approximate surface area is 199 Å². The van der Waals surface area contributed by atoms with Crippen molar-refractivity contribution in [2.75, 3.05) is 39.5 Å². The molecule has 0 saturated carbocycles. The van der Waals surface area contributed by atoms with Crippen LogP contribution in [-0.2, 0) is 11.3 Å². The molecule has 0 radical (unpaired) electrons. The lowest BCUT2D eigenvalue weighted by molar-refractivity contribution is 0.0516. The molecule has 0 saturated heterocycles. The minimum absolute atomic E-state index is 0. The zero-order chi connectivity index (χ0) is 22.2. The van der Waals surface area contributed by atoms with Crippen molar-refractivity contribution in [1.29, 1.82) is 0 Å². The van der Waals surface area contributed by atoms with Gasteiger partial charge in [0, 0.05) is 42.0 Å². The van der Waals surface area contributed by atoms with E-state index in [1.165, 1.54) is 0 Å². The minimum atomic E-state index is -0.362. The van der Waals surface area contributed by atoms with Crippen LogP contribution in [0.2, 0.25) is 5.02 Å². The van der Waals surface area contributed by atoms with Gasteiger partial charge in [0.25, 0.3) is 0 Å². The van der Waals surface area contributed by atoms with Crippen molar-refractivity contribution < 1.29 is 19.7 Å². The Kier molecular flexibility index (Phi) is 10.5. The summed E-state index contributed by atoms with van der Waals surface area (Å²) in [6, 6.07) is 15.5. The van der Waals surface area contributed by atoms with Gasteiger partial charge in [-0.15, -0.1) is 12.4 Å². The molecule has 3 rings (SSSR count). The van der Waals surface area contributed by atoms with E-state index in [4.69, 9.17) is 16.3 Å². The largest absolute Gasteiger partial charge is 0.461 e. The number of hydrogen-bond donors (Lipinski definition) is 2. The van der Waals surface area contributed by atoms with Crippen molar-refractivity contribution in [3.8, 4) is 11.3 Å². The number of rotatable bonds is 11. The highest BCUT2D eigenvalue weighted by Gasteiger charge is 2.24. The lowest BCUT2D eigenvalue weighted by Crippen LogP contribution is -2.31. The number of aromatic nitrogens is 1. The van der Waals surface area contributed by atoms with E-state index in [1.807, 2.05) is 51.9 Å². The van der Waals surface area contributed by atoms with E-state index in [2.05, 4.69) is 0 Å². The molecule has 8 heteroatoms. The zero-order valence-electron chi connectivity index (χ0n) is 18.2. The molecule has 0 bridgehead atoms. The minimum Gasteiger partial charge on any atom is -0.461 e. The van der Waals surface area contributed by atoms with Crippen LogP contribution in [0.4, 0.5) is 0 Å². The number of fused-ring (bicyclic) bond motifs is 1. The van der Waals surface area contributed by atoms with E-state index in [0.29, 0.717) is 43.5 Å². The Morgan fingerprint density at radius 2 is 1.72 bits per heavy atom. The van der Waals surface area contributed by atoms with Crippen molar-refractivity contribution in [1.82, 2.24) is 9.47 Å². The van der Waals surface area contributed by atoms with Crippen LogP contribution >= 0.6 is 24.0 Å². The predicted molar refractivity (Wildman–Crippen MR) is 131 cm³/mol. The van der Waals surface area contributed by atoms with Gasteiger partial charge in [0.2, 0.25) is 0 Å². The summed E-state index contributed by atoms with van der Waals surface area (Å²) < 4.78 is 7.41. The fourth-order valence-electron chi connectivity index (χ4n) is 3.94. The van der Waals surface area contributed by atoms with Crippen LogP contribution in [0.5, 0.6) is 0 Å². The van der Waals surface area contributed by atoms with Gasteiger partial charge in [-0.25, -0.2) is 4.79 Å². The molecule has 0 unspecified atom stereocenters. The molecular formula is C24H30Cl2N2O4. The van der Waals surface area contributed by atoms with E-state index in [1.54, 1.807) is 13.0 Å². The molecule has 0 aliphatic heterocycles. The molecule has 32 heavy (non-hydrogen) atoms. The molecule has 3 aromatic rings. The number of halogens is 2. The molecule has 0 amide bonds. The molecule has 6 nitrogen and oxygen atoms in total. The second-order valence-corrected chi connectivity index (χ2v) is 7.70. The van der Waals surface area contributed by atoms with Crippen LogP contribution in [0, 0.1) is 0 Å². The summed E-state index contributed by atoms with van der Waals surface area (Å²) in [4.78, 5) is 15.0. The lowest BCUT2D eigenvalue weighted by Gasteiger charge is -2.21. The van der Waals surface area contributed by atoms with Crippen molar-refractivity contribution in [2.24, 2.45) is 0 Å². The number of ether oxygens (including phenoxy) is 1. The highest BCUT2D eigenvalue weighted by molar-refractivity contribution is 6.31. The van der Waals surface area contributed by atoms with E-state index in [-0.39, 0.29) is 31.6 Å². The average Bonchev–Trinajstić information content (AvgIpc) is 3.08. The molecule has 2 N–H and O–H groups in total. The third-order valence-electron chi connectivity index (χ3n) is 5.24. The van der Waals surface area contributed by atoms with Crippen LogP contribution in [0.1, 0.15) is 23.8 Å². The number of aliphatic hydroxyl groups is 2. The molecule has 0 atom stereocenters. The molecule has 0 spiro atoms. The van der Waals surface area contributed by atoms with E-state index in [0.717, 1.165) is 28.5 Å². The predicted octanol–water partition coefficient (Wildman–Crippen LogP) is 4.24. The fraction of sp³-hybridized carbons (Fsp3) is 0.375. The standard InChI is InChI=1S/C24H29ClN2O4.ClH/c1-2-31-24(30)23-20-10-9-19(25)17-21(20)22(18-7-4-3-5-8-18)27(23)12-6-11-26(13-15-28)14-16-29;/h3-5,7-10,17,28-29H,2,6,11-16H2,1H3;1H. The summed E-state index contributed by atoms with van der Waals surface area (Å²) in [5.41, 5.74) is 2.44. The van der Waals surface area contributed by atoms with E-state index < -0.39 is 0 Å². The van der Waals surface area contributed by atoms with Crippen LogP contribution in [-0.4, -0.2) is 65.1 Å². The third-order valence-corrected chi connectivity index (χ3v) is 5.47. The lowest BCUT2D eigenvalue weighted by atomic mass is 10.1. The van der Waals surface area contributed by atoms with E-state index in [9.17, 15) is 15.0 Å². The number of carbonyl (C=O) groups excluding carboxylic acids is 1. The molecule has 1 heterocycles. The van der Waals surface area contributed by atoms with Crippen LogP contribution in [0.25, 0.3) is 22.0 Å². The van der Waals surface area contributed by atoms with Gasteiger partial charge in [-0.1, -0.05) is 48.0 Å². The number of benzene rings is 2. The molecule has 174 valence electrons. The fourth-order valence-corrected chi connectivity index (χ4v) is 4.11. The summed E-state index contributed by atoms with van der Waals surface area (Å²) in [5, 5.41) is 20.9. The summed E-state index contributed by atoms with van der Waals surface area (Å²) in [7, 11) is 0. The summed E-state index contributed by atoms with van der Waals surface area (Å²) >= 11 is 6.32. The van der Waals surface area contributed by atoms with Gasteiger partial charge >= 0.3 is 5.97 Å². The van der Waals surface area contributed by atoms with Gasteiger partial charge in [-0.2, -0.15) is 0 Å². The molecule has 0 aliphatic carbocycles. The van der Waals surface area contributed by atoms with Crippen molar-refractivity contribution in [3.63, 3.8) is 0 Å². The second kappa shape index (κ2) is 12.8. The smallest absolute Gasteiger partial charge is 0.355 e. The first-order valence-electron chi connectivity index (χ1n) is 10.6. The SMILES string of the molecule is CCOC(=O)c1c2ccc(Cl)cc2c(-c2ccccc2)n1CCCN(CCO)CCO.Cl. The summed E-state index contributed by atoms with van der Waals surface area (Å²) in [6.45, 7) is 4.43. The second-order valence-electron chi connectivity index (χ2n) is 7.27. The van der Waals surface area contributed by atoms with Gasteiger partial charge in [-0.05, 0) is 31.0 Å². The van der Waals surface area contributed by atoms with Crippen LogP contribution < -0.4 is 0 Å². The summed E-state index contributed by atoms with van der Waals surface area (Å²) in [5.74, 6) is -0.362. The van der Waals surface area contributed by atoms with Gasteiger partial charge in [0.1, 0.15) is 5.69 Å². The Hall–Kier alpha value is -2.09. The van der Waals surface area contributed by atoms with Crippen LogP contribution in [0.3, 0.4) is 0 Å². The van der Waals surface area contributed by atoms with Gasteiger partial charge < -0.3 is 19.5 Å². The first kappa shape index (κ1) is 26.2. The Bertz CT molecular complexity index is 1000. The molecular weight excluding hydrogens is 451 g/mol. The van der Waals surface area contributed by atoms with Crippen molar-refractivity contribution in [2.45, 2.75) is 19.9 Å². The molecule has 2 aromatic carbocycles. The van der Waals surface area contributed by atoms with E-state index >= 15 is 0 Å². The number of aliphatic hydroxyl groups excluding tert-OH is 2. The third kappa shape index (κ3) is 6.03. The highest BCUT2D eigenvalue weighted by atomic mass is 35.5. The Balaban J connectivity index is 0.00000363. The first-order valence-corrected chi connectivity index (χ1v) is 11.0. The van der Waals surface area contributed by atoms with Gasteiger partial charge in [-0.3, -0.25) is 4.90 Å². The van der Waals surface area contributed by atoms with Crippen LogP contribution in [0.15, 0.2) is 48.5 Å². The highest BCUT2D eigenvalue weighted by Crippen LogP contribution is 2.36. The average molecular weight is 481 g/mol. The topological polar surface area (TPSA) is 74.9 Å². The maximum atomic E-state index is 13.0. The number of carbonyl (C=O) groups is 1. The quantitative estimate of drug-likeness (QED) is 0.401. The summed E-state index contributed by atoms with van der Waals surface area (Å²) in [6.07, 6.45) is 0.737. The van der Waals surface area contributed by atoms with Gasteiger partial charge in [0.15, 0.2) is 0 Å². The van der Waals surface area contributed by atoms with Crippen molar-refractivity contribution >= 4 is 40.7 Å². The maximum absolute atomic E-state index is 13.0. The monoisotopic (exact) mass is 480 g/mol. The van der Waals surface area contributed by atoms with Gasteiger partial charge in [0.05, 0.1) is 25.5 Å². The zero-order valence-corrected chi connectivity index (χ0v) is 19.7. The first-order chi connectivity index (χ1) is 15.1. The maximum Gasteiger partial charge on any atom is 0.355 e. The molecule has 1 aromatic heterocycles. The van der Waals surface area contributed by atoms with Crippen molar-refractivity contribution in [3.05, 3.63) is 59.2 Å². The number of hydrogen-bond acceptors (Lipinski definition) is 5. The Morgan fingerprint density at radius 3 is 2.34 bits per heavy atom. The molecule has 0 fully saturated rings.